The van der Waals surface area contributed by atoms with Gasteiger partial charge < -0.3 is 5.73 Å². The molecule has 2 heterocycles. The number of nitrogens with two attached hydrogens (primary N) is 1. The Hall–Kier alpha value is -1.95. The van der Waals surface area contributed by atoms with Gasteiger partial charge in [0, 0.05) is 11.8 Å². The van der Waals surface area contributed by atoms with Crippen molar-refractivity contribution in [3.63, 3.8) is 0 Å². The smallest absolute Gasteiger partial charge is 0.251 e. The Morgan fingerprint density at radius 1 is 1.50 bits per heavy atom. The molecule has 0 radical (unpaired) electrons. The van der Waals surface area contributed by atoms with Crippen molar-refractivity contribution < 1.29 is 4.79 Å². The molecule has 18 heavy (non-hydrogen) atoms. The Kier molecular flexibility index (Phi) is 3.57. The Balaban J connectivity index is 2.49. The van der Waals surface area contributed by atoms with Crippen molar-refractivity contribution in [3.05, 3.63) is 35.0 Å². The van der Waals surface area contributed by atoms with Crippen LogP contribution in [0.1, 0.15) is 29.3 Å². The maximum absolute atomic E-state index is 11.0. The molecule has 6 nitrogen and oxygen atoms in total. The van der Waals surface area contributed by atoms with Crippen LogP contribution in [0.15, 0.2) is 18.7 Å². The normalized spacial score (nSPS) is 10.6. The summed E-state index contributed by atoms with van der Waals surface area (Å²) >= 11 is 6.04. The molecule has 0 fully saturated rings. The zero-order valence-electron chi connectivity index (χ0n) is 9.80. The third-order valence-electron chi connectivity index (χ3n) is 2.45. The van der Waals surface area contributed by atoms with Gasteiger partial charge in [-0.25, -0.2) is 14.6 Å². The maximum Gasteiger partial charge on any atom is 0.251 e. The highest BCUT2D eigenvalue weighted by molar-refractivity contribution is 6.30. The van der Waals surface area contributed by atoms with Crippen molar-refractivity contribution >= 4 is 17.5 Å². The molecule has 2 aromatic heterocycles. The average molecular weight is 266 g/mol. The van der Waals surface area contributed by atoms with Crippen molar-refractivity contribution in [1.82, 2.24) is 19.7 Å². The summed E-state index contributed by atoms with van der Waals surface area (Å²) in [4.78, 5) is 19.1. The third kappa shape index (κ3) is 2.33. The minimum absolute atomic E-state index is 0.326. The predicted molar refractivity (Wildman–Crippen MR) is 66.7 cm³/mol. The summed E-state index contributed by atoms with van der Waals surface area (Å²) in [5, 5.41) is 4.46. The van der Waals surface area contributed by atoms with E-state index < -0.39 is 5.91 Å². The summed E-state index contributed by atoms with van der Waals surface area (Å²) in [6, 6.07) is 0. The van der Waals surface area contributed by atoms with Crippen molar-refractivity contribution in [2.75, 3.05) is 0 Å². The molecule has 0 aliphatic carbocycles. The number of amides is 1. The molecule has 0 aliphatic rings. The minimum atomic E-state index is -0.529. The average Bonchev–Trinajstić information content (AvgIpc) is 2.81. The third-order valence-corrected chi connectivity index (χ3v) is 2.78. The number of nitrogens with zero attached hydrogens (tertiary/aromatic N) is 4. The molecule has 0 spiro atoms. The SMILES string of the molecule is CCCc1c(Cl)ncnc1-n1cc(C(N)=O)cn1. The van der Waals surface area contributed by atoms with E-state index in [9.17, 15) is 4.79 Å². The predicted octanol–water partition coefficient (Wildman–Crippen LogP) is 1.37. The van der Waals surface area contributed by atoms with Crippen LogP contribution in [0.25, 0.3) is 5.82 Å². The highest BCUT2D eigenvalue weighted by atomic mass is 35.5. The standard InChI is InChI=1S/C11H12ClN5O/c1-2-3-8-9(12)14-6-15-11(8)17-5-7(4-16-17)10(13)18/h4-6H,2-3H2,1H3,(H2,13,18). The molecule has 1 amide bonds. The number of aromatic nitrogens is 4. The topological polar surface area (TPSA) is 86.7 Å². The molecule has 0 saturated carbocycles. The number of hydrogen-bond acceptors (Lipinski definition) is 4. The summed E-state index contributed by atoms with van der Waals surface area (Å²) in [5.74, 6) is 0.0443. The zero-order valence-corrected chi connectivity index (χ0v) is 10.6. The van der Waals surface area contributed by atoms with Gasteiger partial charge in [-0.15, -0.1) is 0 Å². The van der Waals surface area contributed by atoms with Crippen molar-refractivity contribution in [1.29, 1.82) is 0 Å². The number of rotatable bonds is 4. The number of hydrogen-bond donors (Lipinski definition) is 1. The first-order valence-corrected chi connectivity index (χ1v) is 5.85. The van der Waals surface area contributed by atoms with E-state index in [1.54, 1.807) is 0 Å². The van der Waals surface area contributed by atoms with E-state index in [0.717, 1.165) is 18.4 Å². The lowest BCUT2D eigenvalue weighted by Crippen LogP contribution is -2.10. The van der Waals surface area contributed by atoms with Crippen LogP contribution in [0, 0.1) is 0 Å². The monoisotopic (exact) mass is 265 g/mol. The van der Waals surface area contributed by atoms with Gasteiger partial charge in [-0.3, -0.25) is 4.79 Å². The maximum atomic E-state index is 11.0. The molecule has 2 aromatic rings. The van der Waals surface area contributed by atoms with E-state index in [4.69, 9.17) is 17.3 Å². The lowest BCUT2D eigenvalue weighted by Gasteiger charge is -2.08. The summed E-state index contributed by atoms with van der Waals surface area (Å²) in [6.07, 6.45) is 5.93. The quantitative estimate of drug-likeness (QED) is 0.846. The molecule has 0 bridgehead atoms. The Bertz CT molecular complexity index is 581. The molecule has 94 valence electrons. The lowest BCUT2D eigenvalue weighted by molar-refractivity contribution is 0.100. The van der Waals surface area contributed by atoms with E-state index in [1.807, 2.05) is 6.92 Å². The van der Waals surface area contributed by atoms with Gasteiger partial charge >= 0.3 is 0 Å². The van der Waals surface area contributed by atoms with Crippen LogP contribution in [0.5, 0.6) is 0 Å². The summed E-state index contributed by atoms with van der Waals surface area (Å²) in [6.45, 7) is 2.03. The van der Waals surface area contributed by atoms with Crippen LogP contribution < -0.4 is 5.73 Å². The van der Waals surface area contributed by atoms with Crippen molar-refractivity contribution in [2.24, 2.45) is 5.73 Å². The molecular formula is C11H12ClN5O. The van der Waals surface area contributed by atoms with Gasteiger partial charge in [0.1, 0.15) is 11.5 Å². The molecule has 2 N–H and O–H groups in total. The second kappa shape index (κ2) is 5.14. The number of primary amides is 1. The van der Waals surface area contributed by atoms with Crippen LogP contribution in [-0.4, -0.2) is 25.7 Å². The number of carbonyl (C=O) groups is 1. The molecular weight excluding hydrogens is 254 g/mol. The molecule has 0 aromatic carbocycles. The fraction of sp³-hybridized carbons (Fsp3) is 0.273. The van der Waals surface area contributed by atoms with Crippen molar-refractivity contribution in [2.45, 2.75) is 19.8 Å². The van der Waals surface area contributed by atoms with Gasteiger partial charge in [0.2, 0.25) is 0 Å². The van der Waals surface area contributed by atoms with E-state index in [1.165, 1.54) is 23.4 Å². The summed E-state index contributed by atoms with van der Waals surface area (Å²) in [5.41, 5.74) is 6.31. The molecule has 2 rings (SSSR count). The summed E-state index contributed by atoms with van der Waals surface area (Å²) < 4.78 is 1.48. The molecule has 7 heteroatoms. The van der Waals surface area contributed by atoms with E-state index >= 15 is 0 Å². The van der Waals surface area contributed by atoms with Crippen LogP contribution in [0.2, 0.25) is 5.15 Å². The summed E-state index contributed by atoms with van der Waals surface area (Å²) in [7, 11) is 0. The zero-order chi connectivity index (χ0) is 13.1. The van der Waals surface area contributed by atoms with Gasteiger partial charge in [0.15, 0.2) is 5.82 Å². The van der Waals surface area contributed by atoms with Gasteiger partial charge in [0.05, 0.1) is 11.8 Å². The van der Waals surface area contributed by atoms with Gasteiger partial charge in [0.25, 0.3) is 5.91 Å². The van der Waals surface area contributed by atoms with Crippen LogP contribution in [-0.2, 0) is 6.42 Å². The molecule has 0 atom stereocenters. The van der Waals surface area contributed by atoms with Crippen molar-refractivity contribution in [3.8, 4) is 5.82 Å². The largest absolute Gasteiger partial charge is 0.366 e. The Morgan fingerprint density at radius 3 is 2.89 bits per heavy atom. The van der Waals surface area contributed by atoms with E-state index in [-0.39, 0.29) is 0 Å². The van der Waals surface area contributed by atoms with E-state index in [0.29, 0.717) is 16.5 Å². The molecule has 0 unspecified atom stereocenters. The van der Waals surface area contributed by atoms with Crippen LogP contribution >= 0.6 is 11.6 Å². The van der Waals surface area contributed by atoms with Gasteiger partial charge in [-0.2, -0.15) is 5.10 Å². The second-order valence-electron chi connectivity index (χ2n) is 3.75. The minimum Gasteiger partial charge on any atom is -0.366 e. The Morgan fingerprint density at radius 2 is 2.28 bits per heavy atom. The second-order valence-corrected chi connectivity index (χ2v) is 4.11. The van der Waals surface area contributed by atoms with Gasteiger partial charge in [-0.1, -0.05) is 24.9 Å². The Labute approximate surface area is 109 Å². The number of halogens is 1. The highest BCUT2D eigenvalue weighted by Gasteiger charge is 2.13. The number of carbonyl (C=O) groups excluding carboxylic acids is 1. The molecule has 0 aliphatic heterocycles. The van der Waals surface area contributed by atoms with E-state index in [2.05, 4.69) is 15.1 Å². The fourth-order valence-corrected chi connectivity index (χ4v) is 1.83. The molecule has 0 saturated heterocycles. The van der Waals surface area contributed by atoms with Crippen LogP contribution in [0.3, 0.4) is 0 Å². The first-order chi connectivity index (χ1) is 8.63. The first-order valence-electron chi connectivity index (χ1n) is 5.47. The van der Waals surface area contributed by atoms with Gasteiger partial charge in [-0.05, 0) is 6.42 Å². The fourth-order valence-electron chi connectivity index (χ4n) is 1.61. The lowest BCUT2D eigenvalue weighted by atomic mass is 10.2. The van der Waals surface area contributed by atoms with Crippen LogP contribution in [0.4, 0.5) is 0 Å². The first kappa shape index (κ1) is 12.5. The highest BCUT2D eigenvalue weighted by Crippen LogP contribution is 2.20.